The summed E-state index contributed by atoms with van der Waals surface area (Å²) in [6.07, 6.45) is 1.59. The van der Waals surface area contributed by atoms with E-state index in [0.717, 1.165) is 22.9 Å². The molecular formula is C14H15NO2. The van der Waals surface area contributed by atoms with Gasteiger partial charge >= 0.3 is 0 Å². The van der Waals surface area contributed by atoms with Gasteiger partial charge in [-0.25, -0.2) is 0 Å². The van der Waals surface area contributed by atoms with Gasteiger partial charge in [-0.3, -0.25) is 9.59 Å². The lowest BCUT2D eigenvalue weighted by molar-refractivity contribution is 0.112. The Hall–Kier alpha value is -1.90. The van der Waals surface area contributed by atoms with Crippen molar-refractivity contribution in [1.29, 1.82) is 0 Å². The molecule has 2 rings (SSSR count). The van der Waals surface area contributed by atoms with Gasteiger partial charge in [0.1, 0.15) is 0 Å². The maximum Gasteiger partial charge on any atom is 0.261 e. The van der Waals surface area contributed by atoms with E-state index in [-0.39, 0.29) is 11.1 Å². The Kier molecular flexibility index (Phi) is 2.84. The molecule has 0 N–H and O–H groups in total. The van der Waals surface area contributed by atoms with Gasteiger partial charge in [0.05, 0.1) is 11.1 Å². The van der Waals surface area contributed by atoms with Crippen molar-refractivity contribution < 1.29 is 4.79 Å². The molecule has 0 aliphatic rings. The minimum atomic E-state index is -0.228. The quantitative estimate of drug-likeness (QED) is 0.741. The topological polar surface area (TPSA) is 39.1 Å². The van der Waals surface area contributed by atoms with Crippen molar-refractivity contribution in [2.24, 2.45) is 7.05 Å². The fourth-order valence-electron chi connectivity index (χ4n) is 2.13. The number of benzene rings is 1. The average Bonchev–Trinajstić information content (AvgIpc) is 2.36. The summed E-state index contributed by atoms with van der Waals surface area (Å²) in [7, 11) is 1.70. The summed E-state index contributed by atoms with van der Waals surface area (Å²) in [5, 5.41) is 0.980. The largest absolute Gasteiger partial charge is 0.311 e. The predicted molar refractivity (Wildman–Crippen MR) is 68.7 cm³/mol. The lowest BCUT2D eigenvalue weighted by Crippen LogP contribution is -2.22. The number of fused-ring (bicyclic) bond motifs is 1. The minimum absolute atomic E-state index is 0.228. The maximum absolute atomic E-state index is 11.9. The van der Waals surface area contributed by atoms with Crippen molar-refractivity contribution >= 4 is 17.2 Å². The third-order valence-electron chi connectivity index (χ3n) is 3.29. The van der Waals surface area contributed by atoms with Crippen LogP contribution in [0.5, 0.6) is 0 Å². The van der Waals surface area contributed by atoms with Gasteiger partial charge in [-0.05, 0) is 36.6 Å². The van der Waals surface area contributed by atoms with Crippen LogP contribution in [0.3, 0.4) is 0 Å². The van der Waals surface area contributed by atoms with E-state index < -0.39 is 0 Å². The Morgan fingerprint density at radius 3 is 2.65 bits per heavy atom. The van der Waals surface area contributed by atoms with E-state index in [1.54, 1.807) is 7.05 Å². The second-order valence-corrected chi connectivity index (χ2v) is 4.23. The molecule has 0 saturated carbocycles. The summed E-state index contributed by atoms with van der Waals surface area (Å²) in [5.74, 6) is 0. The zero-order valence-corrected chi connectivity index (χ0v) is 10.3. The highest BCUT2D eigenvalue weighted by Gasteiger charge is 2.11. The third-order valence-corrected chi connectivity index (χ3v) is 3.29. The molecule has 1 aromatic carbocycles. The van der Waals surface area contributed by atoms with Crippen molar-refractivity contribution in [3.05, 3.63) is 45.2 Å². The number of aryl methyl sites for hydroxylation is 3. The van der Waals surface area contributed by atoms with E-state index in [9.17, 15) is 9.59 Å². The van der Waals surface area contributed by atoms with E-state index in [4.69, 9.17) is 0 Å². The van der Waals surface area contributed by atoms with Crippen LogP contribution in [0.1, 0.15) is 28.4 Å². The van der Waals surface area contributed by atoms with Crippen LogP contribution in [0, 0.1) is 6.92 Å². The van der Waals surface area contributed by atoms with Crippen LogP contribution in [-0.2, 0) is 13.5 Å². The Morgan fingerprint density at radius 1 is 1.35 bits per heavy atom. The van der Waals surface area contributed by atoms with E-state index in [1.807, 2.05) is 19.1 Å². The number of rotatable bonds is 2. The van der Waals surface area contributed by atoms with Gasteiger partial charge in [-0.2, -0.15) is 0 Å². The van der Waals surface area contributed by atoms with Gasteiger partial charge in [-0.15, -0.1) is 0 Å². The molecule has 0 radical (unpaired) electrons. The van der Waals surface area contributed by atoms with Gasteiger partial charge in [0.2, 0.25) is 0 Å². The first kappa shape index (κ1) is 11.6. The normalized spacial score (nSPS) is 10.8. The molecule has 0 spiro atoms. The van der Waals surface area contributed by atoms with Gasteiger partial charge in [-0.1, -0.05) is 13.0 Å². The summed E-state index contributed by atoms with van der Waals surface area (Å²) >= 11 is 0. The van der Waals surface area contributed by atoms with Gasteiger partial charge in [0.15, 0.2) is 6.29 Å². The van der Waals surface area contributed by atoms with Crippen molar-refractivity contribution in [3.63, 3.8) is 0 Å². The highest BCUT2D eigenvalue weighted by Crippen LogP contribution is 2.20. The smallest absolute Gasteiger partial charge is 0.261 e. The molecule has 17 heavy (non-hydrogen) atoms. The van der Waals surface area contributed by atoms with Crippen LogP contribution >= 0.6 is 0 Å². The zero-order chi connectivity index (χ0) is 12.6. The van der Waals surface area contributed by atoms with Gasteiger partial charge in [0, 0.05) is 12.4 Å². The fourth-order valence-corrected chi connectivity index (χ4v) is 2.13. The monoisotopic (exact) mass is 229 g/mol. The van der Waals surface area contributed by atoms with E-state index in [1.165, 1.54) is 10.1 Å². The summed E-state index contributed by atoms with van der Waals surface area (Å²) in [5.41, 5.74) is 2.88. The number of hydrogen-bond donors (Lipinski definition) is 0. The number of nitrogens with zero attached hydrogens (tertiary/aromatic N) is 1. The lowest BCUT2D eigenvalue weighted by atomic mass is 10.0. The van der Waals surface area contributed by atoms with Crippen molar-refractivity contribution in [2.75, 3.05) is 0 Å². The zero-order valence-electron chi connectivity index (χ0n) is 10.3. The first-order valence-corrected chi connectivity index (χ1v) is 5.67. The molecule has 88 valence electrons. The fraction of sp³-hybridized carbons (Fsp3) is 0.286. The molecule has 0 aliphatic carbocycles. The molecule has 1 aromatic heterocycles. The highest BCUT2D eigenvalue weighted by atomic mass is 16.1. The Balaban J connectivity index is 2.99. The molecule has 2 aromatic rings. The Labute approximate surface area is 99.7 Å². The summed E-state index contributed by atoms with van der Waals surface area (Å²) < 4.78 is 1.53. The number of hydrogen-bond acceptors (Lipinski definition) is 2. The first-order chi connectivity index (χ1) is 8.10. The first-order valence-electron chi connectivity index (χ1n) is 5.67. The van der Waals surface area contributed by atoms with Crippen LogP contribution in [-0.4, -0.2) is 10.9 Å². The number of carbonyl (C=O) groups excluding carboxylic acids is 1. The van der Waals surface area contributed by atoms with E-state index >= 15 is 0 Å². The molecule has 3 nitrogen and oxygen atoms in total. The molecular weight excluding hydrogens is 214 g/mol. The minimum Gasteiger partial charge on any atom is -0.311 e. The molecule has 0 unspecified atom stereocenters. The van der Waals surface area contributed by atoms with Gasteiger partial charge < -0.3 is 4.57 Å². The van der Waals surface area contributed by atoms with E-state index in [2.05, 4.69) is 13.0 Å². The second-order valence-electron chi connectivity index (χ2n) is 4.23. The van der Waals surface area contributed by atoms with Crippen LogP contribution in [0.25, 0.3) is 10.9 Å². The van der Waals surface area contributed by atoms with Gasteiger partial charge in [0.25, 0.3) is 5.56 Å². The second kappa shape index (κ2) is 4.17. The average molecular weight is 229 g/mol. The molecule has 0 atom stereocenters. The lowest BCUT2D eigenvalue weighted by Gasteiger charge is -2.11. The summed E-state index contributed by atoms with van der Waals surface area (Å²) in [6.45, 7) is 3.91. The molecule has 0 saturated heterocycles. The van der Waals surface area contributed by atoms with Crippen LogP contribution in [0.15, 0.2) is 23.0 Å². The standard InChI is InChI=1S/C14H15NO2/c1-4-10-5-6-13-11(7-10)9(2)12(8-16)14(17)15(13)3/h5-8H,4H2,1-3H3. The SMILES string of the molecule is CCc1ccc2c(c1)c(C)c(C=O)c(=O)n2C. The number of carbonyl (C=O) groups is 1. The summed E-state index contributed by atoms with van der Waals surface area (Å²) in [6, 6.07) is 6.01. The van der Waals surface area contributed by atoms with Crippen LogP contribution in [0.2, 0.25) is 0 Å². The Morgan fingerprint density at radius 2 is 2.06 bits per heavy atom. The molecule has 0 aliphatic heterocycles. The Bertz CT molecular complexity index is 653. The maximum atomic E-state index is 11.9. The molecule has 0 fully saturated rings. The predicted octanol–water partition coefficient (Wildman–Crippen LogP) is 2.22. The molecule has 3 heteroatoms. The molecule has 0 bridgehead atoms. The van der Waals surface area contributed by atoms with Crippen molar-refractivity contribution in [3.8, 4) is 0 Å². The third kappa shape index (κ3) is 1.68. The number of aldehydes is 1. The number of pyridine rings is 1. The van der Waals surface area contributed by atoms with Crippen LogP contribution in [0.4, 0.5) is 0 Å². The molecule has 1 heterocycles. The summed E-state index contributed by atoms with van der Waals surface area (Å²) in [4.78, 5) is 22.9. The van der Waals surface area contributed by atoms with E-state index in [0.29, 0.717) is 6.29 Å². The molecule has 0 amide bonds. The highest BCUT2D eigenvalue weighted by molar-refractivity contribution is 5.90. The van der Waals surface area contributed by atoms with Crippen molar-refractivity contribution in [1.82, 2.24) is 4.57 Å². The van der Waals surface area contributed by atoms with Crippen LogP contribution < -0.4 is 5.56 Å². The van der Waals surface area contributed by atoms with Crippen molar-refractivity contribution in [2.45, 2.75) is 20.3 Å². The number of aromatic nitrogens is 1.